The lowest BCUT2D eigenvalue weighted by molar-refractivity contribution is 0.102. The molecule has 0 fully saturated rings. The van der Waals surface area contributed by atoms with Gasteiger partial charge in [0.2, 0.25) is 0 Å². The van der Waals surface area contributed by atoms with Gasteiger partial charge in [-0.1, -0.05) is 30.3 Å². The molecular weight excluding hydrogens is 428 g/mol. The van der Waals surface area contributed by atoms with E-state index in [0.29, 0.717) is 33.4 Å². The fourth-order valence-electron chi connectivity index (χ4n) is 3.95. The average Bonchev–Trinajstić information content (AvgIpc) is 3.06. The number of anilines is 2. The normalized spacial score (nSPS) is 11.5. The van der Waals surface area contributed by atoms with Gasteiger partial charge in [0, 0.05) is 11.3 Å². The second-order valence-electron chi connectivity index (χ2n) is 8.09. The molecule has 0 aliphatic heterocycles. The van der Waals surface area contributed by atoms with Crippen LogP contribution in [-0.2, 0) is 0 Å². The van der Waals surface area contributed by atoms with Crippen LogP contribution in [0.15, 0.2) is 71.8 Å². The van der Waals surface area contributed by atoms with Gasteiger partial charge in [-0.2, -0.15) is 9.78 Å². The Balaban J connectivity index is 1.67. The van der Waals surface area contributed by atoms with Crippen molar-refractivity contribution in [3.05, 3.63) is 89.0 Å². The number of rotatable bonds is 4. The summed E-state index contributed by atoms with van der Waals surface area (Å²) < 4.78 is 1.37. The largest absolute Gasteiger partial charge is 0.507 e. The zero-order chi connectivity index (χ0) is 23.8. The van der Waals surface area contributed by atoms with Crippen molar-refractivity contribution in [2.24, 2.45) is 5.10 Å². The number of carbonyl (C=O) groups excluding carboxylic acids is 1. The molecule has 0 radical (unpaired) electrons. The van der Waals surface area contributed by atoms with Gasteiger partial charge in [0.15, 0.2) is 5.65 Å². The van der Waals surface area contributed by atoms with E-state index in [0.717, 1.165) is 11.1 Å². The van der Waals surface area contributed by atoms with Gasteiger partial charge in [-0.25, -0.2) is 9.97 Å². The molecule has 0 spiro atoms. The molecule has 0 atom stereocenters. The summed E-state index contributed by atoms with van der Waals surface area (Å²) in [5.41, 5.74) is 11.8. The molecule has 0 aliphatic rings. The van der Waals surface area contributed by atoms with Gasteiger partial charge < -0.3 is 16.2 Å². The number of hydrogen-bond donors (Lipinski definition) is 3. The second kappa shape index (κ2) is 8.32. The van der Waals surface area contributed by atoms with Crippen LogP contribution in [0.1, 0.15) is 27.0 Å². The van der Waals surface area contributed by atoms with Crippen LogP contribution in [0.5, 0.6) is 5.75 Å². The lowest BCUT2D eigenvalue weighted by Gasteiger charge is -2.08. The highest BCUT2D eigenvalue weighted by Gasteiger charge is 2.24. The third-order valence-electron chi connectivity index (χ3n) is 5.43. The fourth-order valence-corrected chi connectivity index (χ4v) is 3.95. The monoisotopic (exact) mass is 450 g/mol. The molecule has 2 aromatic heterocycles. The molecule has 0 bridgehead atoms. The van der Waals surface area contributed by atoms with Crippen molar-refractivity contribution in [2.75, 3.05) is 11.1 Å². The minimum atomic E-state index is -0.409. The number of para-hydroxylation sites is 3. The molecule has 8 heteroatoms. The first-order chi connectivity index (χ1) is 16.4. The number of hydrogen-bond acceptors (Lipinski definition) is 6. The Morgan fingerprint density at radius 3 is 2.35 bits per heavy atom. The van der Waals surface area contributed by atoms with Crippen molar-refractivity contribution >= 4 is 45.8 Å². The van der Waals surface area contributed by atoms with E-state index in [9.17, 15) is 9.90 Å². The van der Waals surface area contributed by atoms with Crippen LogP contribution in [0, 0.1) is 13.8 Å². The molecular formula is C26H22N6O2. The number of aromatic hydroxyl groups is 1. The third-order valence-corrected chi connectivity index (χ3v) is 5.43. The van der Waals surface area contributed by atoms with Gasteiger partial charge in [0.25, 0.3) is 5.91 Å². The van der Waals surface area contributed by atoms with E-state index in [1.165, 1.54) is 10.9 Å². The van der Waals surface area contributed by atoms with Crippen molar-refractivity contribution in [3.63, 3.8) is 0 Å². The maximum Gasteiger partial charge on any atom is 0.261 e. The number of fused-ring (bicyclic) bond motifs is 2. The number of aromatic nitrogens is 3. The molecule has 0 saturated carbocycles. The number of carbonyl (C=O) groups is 1. The number of amides is 1. The predicted molar refractivity (Wildman–Crippen MR) is 134 cm³/mol. The molecule has 168 valence electrons. The highest BCUT2D eigenvalue weighted by atomic mass is 16.3. The quantitative estimate of drug-likeness (QED) is 0.345. The first kappa shape index (κ1) is 21.1. The third kappa shape index (κ3) is 3.81. The molecule has 5 rings (SSSR count). The predicted octanol–water partition coefficient (Wildman–Crippen LogP) is 4.62. The standard InChI is InChI=1S/C26H22N6O2/c1-15-11-16(2)13-18(12-15)29-26(34)22-23-25(31-20-9-5-4-8-19(20)30-23)32(24(22)27)28-14-17-7-3-6-10-21(17)33/h3-14,33H,27H2,1-2H3,(H,29,34)/b28-14-. The number of nitrogens with two attached hydrogens (primary N) is 1. The maximum atomic E-state index is 13.4. The van der Waals surface area contributed by atoms with Crippen molar-refractivity contribution < 1.29 is 9.90 Å². The first-order valence-corrected chi connectivity index (χ1v) is 10.7. The molecule has 3 aromatic carbocycles. The van der Waals surface area contributed by atoms with Crippen LogP contribution < -0.4 is 11.1 Å². The molecule has 2 heterocycles. The van der Waals surface area contributed by atoms with Crippen molar-refractivity contribution in [1.82, 2.24) is 14.6 Å². The zero-order valence-electron chi connectivity index (χ0n) is 18.6. The fraction of sp³-hybridized carbons (Fsp3) is 0.0769. The number of phenolic OH excluding ortho intramolecular Hbond substituents is 1. The number of aryl methyl sites for hydroxylation is 2. The molecule has 34 heavy (non-hydrogen) atoms. The summed E-state index contributed by atoms with van der Waals surface area (Å²) in [7, 11) is 0. The van der Waals surface area contributed by atoms with Gasteiger partial charge in [0.1, 0.15) is 22.6 Å². The van der Waals surface area contributed by atoms with Crippen molar-refractivity contribution in [3.8, 4) is 5.75 Å². The Labute approximate surface area is 195 Å². The van der Waals surface area contributed by atoms with Gasteiger partial charge >= 0.3 is 0 Å². The van der Waals surface area contributed by atoms with E-state index in [2.05, 4.69) is 20.4 Å². The summed E-state index contributed by atoms with van der Waals surface area (Å²) in [6, 6.07) is 20.0. The van der Waals surface area contributed by atoms with Crippen LogP contribution in [0.25, 0.3) is 22.2 Å². The number of nitrogens with one attached hydrogen (secondary N) is 1. The topological polar surface area (TPSA) is 118 Å². The Hall–Kier alpha value is -4.72. The molecule has 4 N–H and O–H groups in total. The van der Waals surface area contributed by atoms with E-state index in [-0.39, 0.29) is 17.1 Å². The second-order valence-corrected chi connectivity index (χ2v) is 8.09. The Kier molecular flexibility index (Phi) is 5.18. The van der Waals surface area contributed by atoms with Crippen LogP contribution in [0.3, 0.4) is 0 Å². The number of nitrogens with zero attached hydrogens (tertiary/aromatic N) is 4. The van der Waals surface area contributed by atoms with E-state index < -0.39 is 5.91 Å². The summed E-state index contributed by atoms with van der Waals surface area (Å²) in [6.07, 6.45) is 1.47. The zero-order valence-corrected chi connectivity index (χ0v) is 18.6. The highest BCUT2D eigenvalue weighted by molar-refractivity contribution is 6.16. The van der Waals surface area contributed by atoms with Crippen LogP contribution >= 0.6 is 0 Å². The van der Waals surface area contributed by atoms with Crippen LogP contribution in [-0.4, -0.2) is 31.9 Å². The summed E-state index contributed by atoms with van der Waals surface area (Å²) >= 11 is 0. The Morgan fingerprint density at radius 2 is 1.65 bits per heavy atom. The van der Waals surface area contributed by atoms with Gasteiger partial charge in [-0.05, 0) is 61.4 Å². The minimum absolute atomic E-state index is 0.0746. The Bertz CT molecular complexity index is 1580. The Morgan fingerprint density at radius 1 is 1.00 bits per heavy atom. The number of phenols is 1. The summed E-state index contributed by atoms with van der Waals surface area (Å²) in [5.74, 6) is -0.238. The van der Waals surface area contributed by atoms with Crippen molar-refractivity contribution in [1.29, 1.82) is 0 Å². The van der Waals surface area contributed by atoms with Crippen LogP contribution in [0.4, 0.5) is 11.5 Å². The number of benzene rings is 3. The van der Waals surface area contributed by atoms with Gasteiger partial charge in [-0.3, -0.25) is 4.79 Å². The molecule has 0 saturated heterocycles. The molecule has 1 amide bonds. The van der Waals surface area contributed by atoms with E-state index in [1.54, 1.807) is 24.3 Å². The molecule has 5 aromatic rings. The molecule has 8 nitrogen and oxygen atoms in total. The van der Waals surface area contributed by atoms with Crippen LogP contribution in [0.2, 0.25) is 0 Å². The molecule has 0 unspecified atom stereocenters. The lowest BCUT2D eigenvalue weighted by Crippen LogP contribution is -2.14. The average molecular weight is 451 g/mol. The lowest BCUT2D eigenvalue weighted by atomic mass is 10.1. The minimum Gasteiger partial charge on any atom is -0.507 e. The van der Waals surface area contributed by atoms with E-state index in [1.807, 2.05) is 56.3 Å². The van der Waals surface area contributed by atoms with Gasteiger partial charge in [0.05, 0.1) is 17.2 Å². The summed E-state index contributed by atoms with van der Waals surface area (Å²) in [4.78, 5) is 22.7. The number of nitrogen functional groups attached to an aromatic ring is 1. The van der Waals surface area contributed by atoms with Gasteiger partial charge in [-0.15, -0.1) is 0 Å². The highest BCUT2D eigenvalue weighted by Crippen LogP contribution is 2.29. The van der Waals surface area contributed by atoms with Crippen molar-refractivity contribution in [2.45, 2.75) is 13.8 Å². The maximum absolute atomic E-state index is 13.4. The van der Waals surface area contributed by atoms with E-state index in [4.69, 9.17) is 5.73 Å². The van der Waals surface area contributed by atoms with E-state index >= 15 is 0 Å². The molecule has 0 aliphatic carbocycles. The first-order valence-electron chi connectivity index (χ1n) is 10.7. The summed E-state index contributed by atoms with van der Waals surface area (Å²) in [5, 5.41) is 17.5. The smallest absolute Gasteiger partial charge is 0.261 e. The summed E-state index contributed by atoms with van der Waals surface area (Å²) in [6.45, 7) is 3.93. The SMILES string of the molecule is Cc1cc(C)cc(NC(=O)c2c(N)n(/N=C\c3ccccc3O)c3nc4ccccc4nc23)c1.